The lowest BCUT2D eigenvalue weighted by Crippen LogP contribution is -2.57. The average molecular weight is 325 g/mol. The molecular formula is C15H23N3O5. The maximum absolute atomic E-state index is 11.7. The van der Waals surface area contributed by atoms with Crippen molar-refractivity contribution in [3.05, 3.63) is 28.4 Å². The second kappa shape index (κ2) is 7.75. The number of likely N-dealkylation sites (tertiary alicyclic amines) is 1. The molecule has 0 aliphatic carbocycles. The van der Waals surface area contributed by atoms with E-state index in [4.69, 9.17) is 9.47 Å². The minimum Gasteiger partial charge on any atom is -0.483 e. The highest BCUT2D eigenvalue weighted by molar-refractivity contribution is 5.69. The molecule has 0 bridgehead atoms. The molecule has 2 rings (SSSR count). The summed E-state index contributed by atoms with van der Waals surface area (Å²) in [4.78, 5) is 26.8. The van der Waals surface area contributed by atoms with Gasteiger partial charge in [0, 0.05) is 6.07 Å². The molecule has 0 saturated carbocycles. The molecule has 1 aromatic heterocycles. The van der Waals surface area contributed by atoms with Gasteiger partial charge in [-0.25, -0.2) is 4.79 Å². The van der Waals surface area contributed by atoms with Crippen LogP contribution in [0, 0.1) is 10.1 Å². The second-order valence-electron chi connectivity index (χ2n) is 5.73. The SMILES string of the molecule is CC.CC(C)(C)OC(=O)N1CC(Oc2ccc([N+](=O)[O-])nc2)C1. The van der Waals surface area contributed by atoms with Gasteiger partial charge in [0.25, 0.3) is 0 Å². The lowest BCUT2D eigenvalue weighted by molar-refractivity contribution is -0.389. The number of carbonyl (C=O) groups is 1. The molecule has 0 radical (unpaired) electrons. The van der Waals surface area contributed by atoms with Crippen molar-refractivity contribution in [2.75, 3.05) is 13.1 Å². The van der Waals surface area contributed by atoms with E-state index in [2.05, 4.69) is 4.98 Å². The number of hydrogen-bond acceptors (Lipinski definition) is 6. The van der Waals surface area contributed by atoms with E-state index < -0.39 is 10.5 Å². The van der Waals surface area contributed by atoms with Gasteiger partial charge in [-0.15, -0.1) is 0 Å². The number of hydrogen-bond donors (Lipinski definition) is 0. The zero-order valence-electron chi connectivity index (χ0n) is 14.1. The summed E-state index contributed by atoms with van der Waals surface area (Å²) in [5, 5.41) is 10.5. The summed E-state index contributed by atoms with van der Waals surface area (Å²) >= 11 is 0. The zero-order chi connectivity index (χ0) is 17.6. The third kappa shape index (κ3) is 5.72. The van der Waals surface area contributed by atoms with Gasteiger partial charge < -0.3 is 24.5 Å². The van der Waals surface area contributed by atoms with Gasteiger partial charge in [0.1, 0.15) is 11.7 Å². The molecule has 1 fully saturated rings. The van der Waals surface area contributed by atoms with E-state index in [0.717, 1.165) is 0 Å². The molecule has 128 valence electrons. The van der Waals surface area contributed by atoms with Gasteiger partial charge >= 0.3 is 11.9 Å². The molecule has 1 saturated heterocycles. The number of rotatable bonds is 3. The van der Waals surface area contributed by atoms with Crippen LogP contribution in [0.15, 0.2) is 18.3 Å². The molecular weight excluding hydrogens is 302 g/mol. The topological polar surface area (TPSA) is 94.8 Å². The molecule has 0 N–H and O–H groups in total. The fourth-order valence-corrected chi connectivity index (χ4v) is 1.73. The lowest BCUT2D eigenvalue weighted by atomic mass is 10.1. The Morgan fingerprint density at radius 1 is 1.35 bits per heavy atom. The van der Waals surface area contributed by atoms with Crippen LogP contribution in [0.2, 0.25) is 0 Å². The average Bonchev–Trinajstić information content (AvgIpc) is 2.43. The Kier molecular flexibility index (Phi) is 6.29. The van der Waals surface area contributed by atoms with Crippen molar-refractivity contribution < 1.29 is 19.2 Å². The first-order chi connectivity index (χ1) is 10.7. The molecule has 1 aromatic rings. The lowest BCUT2D eigenvalue weighted by Gasteiger charge is -2.39. The van der Waals surface area contributed by atoms with Crippen LogP contribution in [-0.2, 0) is 4.74 Å². The minimum absolute atomic E-state index is 0.152. The van der Waals surface area contributed by atoms with Gasteiger partial charge in [-0.1, -0.05) is 13.8 Å². The summed E-state index contributed by atoms with van der Waals surface area (Å²) in [6.45, 7) is 10.3. The third-order valence-corrected chi connectivity index (χ3v) is 2.71. The van der Waals surface area contributed by atoms with Crippen molar-refractivity contribution in [1.82, 2.24) is 9.88 Å². The highest BCUT2D eigenvalue weighted by Gasteiger charge is 2.35. The molecule has 0 aromatic carbocycles. The van der Waals surface area contributed by atoms with Crippen LogP contribution in [0.25, 0.3) is 0 Å². The first kappa shape index (κ1) is 18.7. The van der Waals surface area contributed by atoms with Crippen molar-refractivity contribution in [1.29, 1.82) is 0 Å². The monoisotopic (exact) mass is 325 g/mol. The van der Waals surface area contributed by atoms with Gasteiger partial charge in [0.2, 0.25) is 0 Å². The van der Waals surface area contributed by atoms with Gasteiger partial charge in [-0.3, -0.25) is 0 Å². The van der Waals surface area contributed by atoms with E-state index in [9.17, 15) is 14.9 Å². The van der Waals surface area contributed by atoms with Crippen LogP contribution in [0.4, 0.5) is 10.6 Å². The smallest absolute Gasteiger partial charge is 0.410 e. The van der Waals surface area contributed by atoms with E-state index in [-0.39, 0.29) is 18.0 Å². The maximum atomic E-state index is 11.7. The largest absolute Gasteiger partial charge is 0.483 e. The molecule has 0 spiro atoms. The summed E-state index contributed by atoms with van der Waals surface area (Å²) in [5.74, 6) is 0.209. The van der Waals surface area contributed by atoms with Crippen LogP contribution in [0.3, 0.4) is 0 Å². The Balaban J connectivity index is 0.00000127. The van der Waals surface area contributed by atoms with Gasteiger partial charge in [-0.2, -0.15) is 0 Å². The van der Waals surface area contributed by atoms with E-state index in [1.54, 1.807) is 20.8 Å². The highest BCUT2D eigenvalue weighted by atomic mass is 16.6. The number of aromatic nitrogens is 1. The molecule has 1 aliphatic rings. The number of pyridine rings is 1. The Hall–Kier alpha value is -2.38. The van der Waals surface area contributed by atoms with Crippen LogP contribution >= 0.6 is 0 Å². The Morgan fingerprint density at radius 3 is 2.39 bits per heavy atom. The van der Waals surface area contributed by atoms with Crippen molar-refractivity contribution in [2.45, 2.75) is 46.3 Å². The Bertz CT molecular complexity index is 533. The van der Waals surface area contributed by atoms with Crippen molar-refractivity contribution >= 4 is 11.9 Å². The van der Waals surface area contributed by atoms with Crippen LogP contribution in [-0.4, -0.2) is 45.7 Å². The predicted molar refractivity (Wildman–Crippen MR) is 84.5 cm³/mol. The zero-order valence-corrected chi connectivity index (χ0v) is 14.1. The second-order valence-corrected chi connectivity index (χ2v) is 5.73. The van der Waals surface area contributed by atoms with E-state index in [0.29, 0.717) is 18.8 Å². The van der Waals surface area contributed by atoms with Crippen molar-refractivity contribution in [3.8, 4) is 5.75 Å². The molecule has 2 heterocycles. The number of amides is 1. The van der Waals surface area contributed by atoms with Gasteiger partial charge in [-0.05, 0) is 36.7 Å². The number of nitro groups is 1. The summed E-state index contributed by atoms with van der Waals surface area (Å²) < 4.78 is 10.8. The molecule has 1 aliphatic heterocycles. The van der Waals surface area contributed by atoms with E-state index in [1.165, 1.54) is 23.2 Å². The van der Waals surface area contributed by atoms with Gasteiger partial charge in [0.15, 0.2) is 11.9 Å². The Labute approximate surface area is 135 Å². The minimum atomic E-state index is -0.572. The highest BCUT2D eigenvalue weighted by Crippen LogP contribution is 2.21. The Morgan fingerprint density at radius 2 is 1.96 bits per heavy atom. The number of carbonyl (C=O) groups excluding carboxylic acids is 1. The predicted octanol–water partition coefficient (Wildman–Crippen LogP) is 3.01. The summed E-state index contributed by atoms with van der Waals surface area (Å²) in [6.07, 6.45) is 0.777. The molecule has 0 unspecified atom stereocenters. The number of nitrogens with zero attached hydrogens (tertiary/aromatic N) is 3. The van der Waals surface area contributed by atoms with E-state index in [1.807, 2.05) is 13.8 Å². The van der Waals surface area contributed by atoms with Gasteiger partial charge in [0.05, 0.1) is 13.1 Å². The van der Waals surface area contributed by atoms with Crippen LogP contribution in [0.5, 0.6) is 5.75 Å². The first-order valence-electron chi connectivity index (χ1n) is 7.49. The fourth-order valence-electron chi connectivity index (χ4n) is 1.73. The quantitative estimate of drug-likeness (QED) is 0.626. The maximum Gasteiger partial charge on any atom is 0.410 e. The molecule has 1 amide bonds. The fraction of sp³-hybridized carbons (Fsp3) is 0.600. The van der Waals surface area contributed by atoms with Crippen molar-refractivity contribution in [3.63, 3.8) is 0 Å². The first-order valence-corrected chi connectivity index (χ1v) is 7.49. The molecule has 0 atom stereocenters. The van der Waals surface area contributed by atoms with Crippen LogP contribution in [0.1, 0.15) is 34.6 Å². The molecule has 8 heteroatoms. The third-order valence-electron chi connectivity index (χ3n) is 2.71. The van der Waals surface area contributed by atoms with Crippen molar-refractivity contribution in [2.24, 2.45) is 0 Å². The molecule has 23 heavy (non-hydrogen) atoms. The summed E-state index contributed by atoms with van der Waals surface area (Å²) in [6, 6.07) is 2.76. The summed E-state index contributed by atoms with van der Waals surface area (Å²) in [5.41, 5.74) is -0.523. The number of ether oxygens (including phenoxy) is 2. The molecule has 8 nitrogen and oxygen atoms in total. The normalized spacial score (nSPS) is 14.2. The van der Waals surface area contributed by atoms with Crippen LogP contribution < -0.4 is 4.74 Å². The standard InChI is InChI=1S/C13H17N3O5.C2H6/c1-13(2,3)21-12(17)15-7-10(8-15)20-9-4-5-11(14-6-9)16(18)19;1-2/h4-6,10H,7-8H2,1-3H3;1-2H3. The summed E-state index contributed by atoms with van der Waals surface area (Å²) in [7, 11) is 0. The van der Waals surface area contributed by atoms with E-state index >= 15 is 0 Å².